The largest absolute Gasteiger partial charge is 0.341 e. The fourth-order valence-corrected chi connectivity index (χ4v) is 2.32. The third-order valence-electron chi connectivity index (χ3n) is 3.05. The first kappa shape index (κ1) is 12.8. The number of carbonyl (C=O) groups excluding carboxylic acids is 1. The van der Waals surface area contributed by atoms with E-state index in [0.717, 1.165) is 44.0 Å². The molecule has 0 spiro atoms. The van der Waals surface area contributed by atoms with Gasteiger partial charge in [0.1, 0.15) is 0 Å². The molecule has 0 radical (unpaired) electrons. The molecule has 0 bridgehead atoms. The summed E-state index contributed by atoms with van der Waals surface area (Å²) in [6, 6.07) is -0.286. The zero-order valence-corrected chi connectivity index (χ0v) is 10.6. The van der Waals surface area contributed by atoms with Crippen molar-refractivity contribution >= 4 is 17.7 Å². The van der Waals surface area contributed by atoms with Gasteiger partial charge in [-0.25, -0.2) is 0 Å². The lowest BCUT2D eigenvalue weighted by atomic mass is 9.98. The number of hydrogen-bond acceptors (Lipinski definition) is 3. The molecule has 0 aromatic rings. The average molecular weight is 230 g/mol. The second-order valence-electron chi connectivity index (χ2n) is 4.40. The van der Waals surface area contributed by atoms with Crippen molar-refractivity contribution in [3.8, 4) is 0 Å². The number of likely N-dealkylation sites (tertiary alicyclic amines) is 1. The molecular formula is C11H22N2OS. The van der Waals surface area contributed by atoms with E-state index in [-0.39, 0.29) is 11.9 Å². The zero-order chi connectivity index (χ0) is 11.3. The molecule has 0 saturated carbocycles. The zero-order valence-electron chi connectivity index (χ0n) is 9.74. The minimum Gasteiger partial charge on any atom is -0.341 e. The van der Waals surface area contributed by atoms with Crippen LogP contribution in [0.15, 0.2) is 0 Å². The SMILES string of the molecule is CSCC[C@@H](N)C(=O)N1CCC(C)CC1. The number of amides is 1. The molecule has 1 aliphatic rings. The molecular weight excluding hydrogens is 208 g/mol. The summed E-state index contributed by atoms with van der Waals surface area (Å²) in [5.74, 6) is 1.88. The van der Waals surface area contributed by atoms with E-state index in [2.05, 4.69) is 6.92 Å². The Bertz CT molecular complexity index is 203. The molecule has 3 nitrogen and oxygen atoms in total. The first-order valence-electron chi connectivity index (χ1n) is 5.68. The van der Waals surface area contributed by atoms with Crippen molar-refractivity contribution in [3.63, 3.8) is 0 Å². The van der Waals surface area contributed by atoms with Crippen LogP contribution in [0.1, 0.15) is 26.2 Å². The monoisotopic (exact) mass is 230 g/mol. The Balaban J connectivity index is 2.32. The van der Waals surface area contributed by atoms with Gasteiger partial charge in [-0.1, -0.05) is 6.92 Å². The van der Waals surface area contributed by atoms with E-state index < -0.39 is 0 Å². The van der Waals surface area contributed by atoms with Crippen LogP contribution in [0.25, 0.3) is 0 Å². The molecule has 0 unspecified atom stereocenters. The highest BCUT2D eigenvalue weighted by atomic mass is 32.2. The number of piperidine rings is 1. The van der Waals surface area contributed by atoms with E-state index in [1.165, 1.54) is 0 Å². The van der Waals surface area contributed by atoms with Gasteiger partial charge in [0.2, 0.25) is 5.91 Å². The van der Waals surface area contributed by atoms with Crippen molar-refractivity contribution in [2.45, 2.75) is 32.2 Å². The Labute approximate surface area is 96.8 Å². The lowest BCUT2D eigenvalue weighted by Crippen LogP contribution is -2.47. The predicted octanol–water partition coefficient (Wildman–Crippen LogP) is 1.33. The van der Waals surface area contributed by atoms with Crippen molar-refractivity contribution < 1.29 is 4.79 Å². The second-order valence-corrected chi connectivity index (χ2v) is 5.38. The Hall–Kier alpha value is -0.220. The third-order valence-corrected chi connectivity index (χ3v) is 3.69. The Kier molecular flexibility index (Phi) is 5.47. The number of rotatable bonds is 4. The van der Waals surface area contributed by atoms with Crippen LogP contribution in [0.3, 0.4) is 0 Å². The van der Waals surface area contributed by atoms with Crippen LogP contribution in [0.2, 0.25) is 0 Å². The maximum Gasteiger partial charge on any atom is 0.239 e. The third kappa shape index (κ3) is 4.03. The van der Waals surface area contributed by atoms with Gasteiger partial charge in [-0.2, -0.15) is 11.8 Å². The summed E-state index contributed by atoms with van der Waals surface area (Å²) in [4.78, 5) is 13.8. The molecule has 1 rings (SSSR count). The van der Waals surface area contributed by atoms with Gasteiger partial charge in [0.15, 0.2) is 0 Å². The highest BCUT2D eigenvalue weighted by Gasteiger charge is 2.24. The average Bonchev–Trinajstić information content (AvgIpc) is 2.26. The van der Waals surface area contributed by atoms with Crippen molar-refractivity contribution in [1.82, 2.24) is 4.90 Å². The van der Waals surface area contributed by atoms with E-state index in [1.807, 2.05) is 11.2 Å². The molecule has 0 aromatic heterocycles. The van der Waals surface area contributed by atoms with Gasteiger partial charge in [0.25, 0.3) is 0 Å². The van der Waals surface area contributed by atoms with E-state index in [1.54, 1.807) is 11.8 Å². The number of hydrogen-bond donors (Lipinski definition) is 1. The van der Waals surface area contributed by atoms with E-state index in [9.17, 15) is 4.79 Å². The maximum atomic E-state index is 11.9. The fraction of sp³-hybridized carbons (Fsp3) is 0.909. The van der Waals surface area contributed by atoms with Gasteiger partial charge in [0.05, 0.1) is 6.04 Å². The van der Waals surface area contributed by atoms with Crippen LogP contribution in [0.5, 0.6) is 0 Å². The van der Waals surface area contributed by atoms with E-state index in [0.29, 0.717) is 0 Å². The van der Waals surface area contributed by atoms with Crippen LogP contribution >= 0.6 is 11.8 Å². The summed E-state index contributed by atoms with van der Waals surface area (Å²) in [5.41, 5.74) is 5.86. The van der Waals surface area contributed by atoms with Gasteiger partial charge in [-0.3, -0.25) is 4.79 Å². The van der Waals surface area contributed by atoms with Crippen LogP contribution in [0, 0.1) is 5.92 Å². The molecule has 1 amide bonds. The molecule has 2 N–H and O–H groups in total. The first-order valence-corrected chi connectivity index (χ1v) is 7.08. The summed E-state index contributed by atoms with van der Waals surface area (Å²) >= 11 is 1.74. The summed E-state index contributed by atoms with van der Waals surface area (Å²) in [6.07, 6.45) is 5.09. The first-order chi connectivity index (χ1) is 7.15. The minimum atomic E-state index is -0.286. The van der Waals surface area contributed by atoms with Crippen molar-refractivity contribution in [3.05, 3.63) is 0 Å². The van der Waals surface area contributed by atoms with Gasteiger partial charge in [-0.05, 0) is 37.2 Å². The molecule has 1 fully saturated rings. The van der Waals surface area contributed by atoms with Crippen molar-refractivity contribution in [2.75, 3.05) is 25.1 Å². The van der Waals surface area contributed by atoms with Crippen LogP contribution in [0.4, 0.5) is 0 Å². The molecule has 88 valence electrons. The molecule has 15 heavy (non-hydrogen) atoms. The Morgan fingerprint density at radius 1 is 1.53 bits per heavy atom. The van der Waals surface area contributed by atoms with Gasteiger partial charge < -0.3 is 10.6 Å². The van der Waals surface area contributed by atoms with Gasteiger partial charge >= 0.3 is 0 Å². The molecule has 1 heterocycles. The quantitative estimate of drug-likeness (QED) is 0.792. The molecule has 4 heteroatoms. The summed E-state index contributed by atoms with van der Waals surface area (Å²) in [6.45, 7) is 4.04. The molecule has 0 aliphatic carbocycles. The number of nitrogens with zero attached hydrogens (tertiary/aromatic N) is 1. The fourth-order valence-electron chi connectivity index (χ4n) is 1.83. The van der Waals surface area contributed by atoms with Crippen LogP contribution < -0.4 is 5.73 Å². The molecule has 1 aliphatic heterocycles. The molecule has 1 saturated heterocycles. The Morgan fingerprint density at radius 2 is 2.13 bits per heavy atom. The lowest BCUT2D eigenvalue weighted by molar-refractivity contribution is -0.133. The van der Waals surface area contributed by atoms with Crippen molar-refractivity contribution in [2.24, 2.45) is 11.7 Å². The summed E-state index contributed by atoms with van der Waals surface area (Å²) in [7, 11) is 0. The molecule has 1 atom stereocenters. The lowest BCUT2D eigenvalue weighted by Gasteiger charge is -2.32. The van der Waals surface area contributed by atoms with Crippen LogP contribution in [-0.2, 0) is 4.79 Å². The minimum absolute atomic E-state index is 0.149. The maximum absolute atomic E-state index is 11.9. The summed E-state index contributed by atoms with van der Waals surface area (Å²) in [5, 5.41) is 0. The van der Waals surface area contributed by atoms with E-state index >= 15 is 0 Å². The number of carbonyl (C=O) groups is 1. The standard InChI is InChI=1S/C11H22N2OS/c1-9-3-6-13(7-4-9)11(14)10(12)5-8-15-2/h9-10H,3-8,12H2,1-2H3/t10-/m1/s1. The topological polar surface area (TPSA) is 46.3 Å². The second kappa shape index (κ2) is 6.38. The van der Waals surface area contributed by atoms with Gasteiger partial charge in [0, 0.05) is 13.1 Å². The van der Waals surface area contributed by atoms with Gasteiger partial charge in [-0.15, -0.1) is 0 Å². The van der Waals surface area contributed by atoms with Crippen molar-refractivity contribution in [1.29, 1.82) is 0 Å². The summed E-state index contributed by atoms with van der Waals surface area (Å²) < 4.78 is 0. The highest BCUT2D eigenvalue weighted by molar-refractivity contribution is 7.98. The molecule has 0 aromatic carbocycles. The smallest absolute Gasteiger partial charge is 0.239 e. The number of thioether (sulfide) groups is 1. The number of nitrogens with two attached hydrogens (primary N) is 1. The highest BCUT2D eigenvalue weighted by Crippen LogP contribution is 2.16. The predicted molar refractivity (Wildman–Crippen MR) is 66.0 cm³/mol. The normalized spacial score (nSPS) is 20.3. The van der Waals surface area contributed by atoms with Crippen LogP contribution in [-0.4, -0.2) is 41.9 Å². The van der Waals surface area contributed by atoms with E-state index in [4.69, 9.17) is 5.73 Å². The Morgan fingerprint density at radius 3 is 2.67 bits per heavy atom.